The smallest absolute Gasteiger partial charge is 0.0257 e. The zero-order valence-electron chi connectivity index (χ0n) is 7.15. The summed E-state index contributed by atoms with van der Waals surface area (Å²) in [4.78, 5) is 0. The van der Waals surface area contributed by atoms with Gasteiger partial charge in [0.1, 0.15) is 0 Å². The minimum Gasteiger partial charge on any atom is -0.126 e. The molecule has 0 N–H and O–H groups in total. The Morgan fingerprint density at radius 2 is 2.20 bits per heavy atom. The summed E-state index contributed by atoms with van der Waals surface area (Å²) in [5, 5.41) is 0. The van der Waals surface area contributed by atoms with Gasteiger partial charge in [0.05, 0.1) is 0 Å². The first-order valence-electron chi connectivity index (χ1n) is 4.14. The van der Waals surface area contributed by atoms with Gasteiger partial charge in [-0.05, 0) is 30.1 Å². The van der Waals surface area contributed by atoms with Crippen LogP contribution in [0.25, 0.3) is 0 Å². The van der Waals surface area contributed by atoms with E-state index in [9.17, 15) is 0 Å². The maximum Gasteiger partial charge on any atom is 0.0257 e. The Morgan fingerprint density at radius 3 is 2.50 bits per heavy atom. The highest BCUT2D eigenvalue weighted by Crippen LogP contribution is 2.56. The molecule has 0 heterocycles. The zero-order chi connectivity index (χ0) is 7.78. The molecule has 1 heteroatoms. The second-order valence-electron chi connectivity index (χ2n) is 4.31. The molecule has 0 aromatic carbocycles. The first-order chi connectivity index (χ1) is 4.58. The van der Waals surface area contributed by atoms with E-state index in [1.54, 1.807) is 0 Å². The molecule has 0 saturated heterocycles. The van der Waals surface area contributed by atoms with Crippen molar-refractivity contribution in [3.8, 4) is 0 Å². The van der Waals surface area contributed by atoms with E-state index >= 15 is 0 Å². The third-order valence-corrected chi connectivity index (χ3v) is 2.97. The quantitative estimate of drug-likeness (QED) is 0.556. The standard InChI is InChI=1S/C9H17Cl/c1-7(2)4-9(3)5-8(9)6-10/h7-8H,4-6H2,1-3H3. The fourth-order valence-corrected chi connectivity index (χ4v) is 2.41. The maximum atomic E-state index is 5.77. The van der Waals surface area contributed by atoms with Crippen molar-refractivity contribution in [2.45, 2.75) is 33.6 Å². The predicted octanol–water partition coefficient (Wildman–Crippen LogP) is 3.30. The number of hydrogen-bond acceptors (Lipinski definition) is 0. The van der Waals surface area contributed by atoms with Crippen molar-refractivity contribution in [1.82, 2.24) is 0 Å². The molecule has 1 aliphatic carbocycles. The van der Waals surface area contributed by atoms with Gasteiger partial charge in [0.25, 0.3) is 0 Å². The van der Waals surface area contributed by atoms with Gasteiger partial charge in [-0.2, -0.15) is 0 Å². The average Bonchev–Trinajstić information content (AvgIpc) is 2.39. The molecule has 1 fully saturated rings. The van der Waals surface area contributed by atoms with Gasteiger partial charge >= 0.3 is 0 Å². The second-order valence-corrected chi connectivity index (χ2v) is 4.62. The van der Waals surface area contributed by atoms with E-state index in [0.29, 0.717) is 5.41 Å². The number of alkyl halides is 1. The average molecular weight is 161 g/mol. The van der Waals surface area contributed by atoms with Crippen LogP contribution < -0.4 is 0 Å². The normalized spacial score (nSPS) is 38.7. The summed E-state index contributed by atoms with van der Waals surface area (Å²) in [6, 6.07) is 0. The maximum absolute atomic E-state index is 5.77. The summed E-state index contributed by atoms with van der Waals surface area (Å²) in [6.45, 7) is 6.93. The van der Waals surface area contributed by atoms with E-state index < -0.39 is 0 Å². The lowest BCUT2D eigenvalue weighted by molar-refractivity contribution is 0.396. The Morgan fingerprint density at radius 1 is 1.60 bits per heavy atom. The molecule has 2 atom stereocenters. The van der Waals surface area contributed by atoms with Crippen molar-refractivity contribution in [3.63, 3.8) is 0 Å². The van der Waals surface area contributed by atoms with E-state index in [1.165, 1.54) is 12.8 Å². The van der Waals surface area contributed by atoms with Crippen LogP contribution in [0.3, 0.4) is 0 Å². The van der Waals surface area contributed by atoms with Crippen LogP contribution in [0.5, 0.6) is 0 Å². The molecule has 0 nitrogen and oxygen atoms in total. The third kappa shape index (κ3) is 1.66. The number of halogens is 1. The summed E-state index contributed by atoms with van der Waals surface area (Å²) in [6.07, 6.45) is 2.71. The molecule has 0 spiro atoms. The van der Waals surface area contributed by atoms with E-state index in [2.05, 4.69) is 20.8 Å². The molecule has 60 valence electrons. The lowest BCUT2D eigenvalue weighted by Crippen LogP contribution is -2.03. The molecular weight excluding hydrogens is 144 g/mol. The van der Waals surface area contributed by atoms with Gasteiger partial charge < -0.3 is 0 Å². The summed E-state index contributed by atoms with van der Waals surface area (Å²) >= 11 is 5.77. The van der Waals surface area contributed by atoms with Crippen LogP contribution in [0.4, 0.5) is 0 Å². The van der Waals surface area contributed by atoms with Gasteiger partial charge in [0.2, 0.25) is 0 Å². The molecule has 2 unspecified atom stereocenters. The summed E-state index contributed by atoms with van der Waals surface area (Å²) in [7, 11) is 0. The highest BCUT2D eigenvalue weighted by atomic mass is 35.5. The van der Waals surface area contributed by atoms with Crippen molar-refractivity contribution in [2.75, 3.05) is 5.88 Å². The van der Waals surface area contributed by atoms with Crippen LogP contribution in [-0.4, -0.2) is 5.88 Å². The van der Waals surface area contributed by atoms with Crippen molar-refractivity contribution < 1.29 is 0 Å². The first-order valence-corrected chi connectivity index (χ1v) is 4.68. The van der Waals surface area contributed by atoms with E-state index in [-0.39, 0.29) is 0 Å². The Balaban J connectivity index is 2.29. The van der Waals surface area contributed by atoms with Crippen LogP contribution in [-0.2, 0) is 0 Å². The van der Waals surface area contributed by atoms with E-state index in [1.807, 2.05) is 0 Å². The minimum absolute atomic E-state index is 0.607. The molecule has 1 aliphatic rings. The van der Waals surface area contributed by atoms with Crippen molar-refractivity contribution >= 4 is 11.6 Å². The fourth-order valence-electron chi connectivity index (χ4n) is 1.93. The molecule has 0 aromatic heterocycles. The largest absolute Gasteiger partial charge is 0.126 e. The molecule has 0 radical (unpaired) electrons. The first kappa shape index (κ1) is 8.39. The van der Waals surface area contributed by atoms with Crippen LogP contribution in [0.2, 0.25) is 0 Å². The van der Waals surface area contributed by atoms with Crippen molar-refractivity contribution in [2.24, 2.45) is 17.3 Å². The summed E-state index contributed by atoms with van der Waals surface area (Å²) < 4.78 is 0. The third-order valence-electron chi connectivity index (χ3n) is 2.60. The van der Waals surface area contributed by atoms with Crippen molar-refractivity contribution in [1.29, 1.82) is 0 Å². The Hall–Kier alpha value is 0.290. The molecule has 0 bridgehead atoms. The molecular formula is C9H17Cl. The highest BCUT2D eigenvalue weighted by Gasteiger charge is 2.48. The lowest BCUT2D eigenvalue weighted by Gasteiger charge is -2.12. The van der Waals surface area contributed by atoms with Gasteiger partial charge in [-0.1, -0.05) is 20.8 Å². The van der Waals surface area contributed by atoms with Gasteiger partial charge in [-0.25, -0.2) is 0 Å². The van der Waals surface area contributed by atoms with Gasteiger partial charge in [0.15, 0.2) is 0 Å². The van der Waals surface area contributed by atoms with Crippen LogP contribution in [0, 0.1) is 17.3 Å². The number of hydrogen-bond donors (Lipinski definition) is 0. The Bertz CT molecular complexity index is 120. The molecule has 0 amide bonds. The minimum atomic E-state index is 0.607. The van der Waals surface area contributed by atoms with Gasteiger partial charge in [-0.15, -0.1) is 11.6 Å². The van der Waals surface area contributed by atoms with E-state index in [4.69, 9.17) is 11.6 Å². The van der Waals surface area contributed by atoms with E-state index in [0.717, 1.165) is 17.7 Å². The van der Waals surface area contributed by atoms with Crippen LogP contribution in [0.15, 0.2) is 0 Å². The highest BCUT2D eigenvalue weighted by molar-refractivity contribution is 6.18. The molecule has 0 aromatic rings. The van der Waals surface area contributed by atoms with Crippen molar-refractivity contribution in [3.05, 3.63) is 0 Å². The fraction of sp³-hybridized carbons (Fsp3) is 1.00. The summed E-state index contributed by atoms with van der Waals surface area (Å²) in [5.41, 5.74) is 0.607. The summed E-state index contributed by atoms with van der Waals surface area (Å²) in [5.74, 6) is 2.51. The number of rotatable bonds is 3. The predicted molar refractivity (Wildman–Crippen MR) is 46.4 cm³/mol. The van der Waals surface area contributed by atoms with Gasteiger partial charge in [-0.3, -0.25) is 0 Å². The van der Waals surface area contributed by atoms with Crippen LogP contribution in [0.1, 0.15) is 33.6 Å². The molecule has 0 aliphatic heterocycles. The molecule has 1 rings (SSSR count). The lowest BCUT2D eigenvalue weighted by atomic mass is 9.94. The molecule has 1 saturated carbocycles. The molecule has 10 heavy (non-hydrogen) atoms. The topological polar surface area (TPSA) is 0 Å². The van der Waals surface area contributed by atoms with Crippen LogP contribution >= 0.6 is 11.6 Å². The Labute approximate surface area is 69.0 Å². The monoisotopic (exact) mass is 160 g/mol. The second kappa shape index (κ2) is 2.73. The zero-order valence-corrected chi connectivity index (χ0v) is 7.91. The van der Waals surface area contributed by atoms with Gasteiger partial charge in [0, 0.05) is 5.88 Å². The Kier molecular flexibility index (Phi) is 2.29. The SMILES string of the molecule is CC(C)CC1(C)CC1CCl.